The third-order valence-corrected chi connectivity index (χ3v) is 10.3. The van der Waals surface area contributed by atoms with Gasteiger partial charge in [0.15, 0.2) is 6.10 Å². The lowest BCUT2D eigenvalue weighted by molar-refractivity contribution is -0.167. The molecular weight excluding hydrogens is 661 g/mol. The molecule has 0 aromatic rings. The van der Waals surface area contributed by atoms with Crippen molar-refractivity contribution in [3.63, 3.8) is 0 Å². The smallest absolute Gasteiger partial charge is 0.306 e. The molecule has 1 unspecified atom stereocenters. The second kappa shape index (κ2) is 42.9. The third kappa shape index (κ3) is 41.2. The number of ether oxygens (including phenoxy) is 3. The summed E-state index contributed by atoms with van der Waals surface area (Å²) < 4.78 is 16.7. The minimum absolute atomic E-state index is 0.0671. The van der Waals surface area contributed by atoms with E-state index in [0.717, 1.165) is 57.8 Å². The van der Waals surface area contributed by atoms with E-state index in [2.05, 4.69) is 32.9 Å². The zero-order valence-electron chi connectivity index (χ0n) is 35.6. The highest BCUT2D eigenvalue weighted by Gasteiger charge is 2.19. The van der Waals surface area contributed by atoms with Crippen molar-refractivity contribution >= 4 is 17.9 Å². The predicted molar refractivity (Wildman–Crippen MR) is 224 cm³/mol. The normalized spacial score (nSPS) is 12.0. The second-order valence-corrected chi connectivity index (χ2v) is 15.7. The molecule has 0 aromatic heterocycles. The summed E-state index contributed by atoms with van der Waals surface area (Å²) in [4.78, 5) is 37.7. The second-order valence-electron chi connectivity index (χ2n) is 15.7. The molecule has 0 aliphatic carbocycles. The number of rotatable bonds is 42. The third-order valence-electron chi connectivity index (χ3n) is 10.3. The van der Waals surface area contributed by atoms with Crippen molar-refractivity contribution in [3.05, 3.63) is 12.2 Å². The molecule has 0 amide bonds. The maximum Gasteiger partial charge on any atom is 0.306 e. The number of hydrogen-bond acceptors (Lipinski definition) is 6. The van der Waals surface area contributed by atoms with E-state index in [0.29, 0.717) is 19.3 Å². The molecule has 0 aliphatic rings. The lowest BCUT2D eigenvalue weighted by atomic mass is 10.1. The van der Waals surface area contributed by atoms with Crippen LogP contribution in [0.4, 0.5) is 0 Å². The van der Waals surface area contributed by atoms with Crippen molar-refractivity contribution in [2.45, 2.75) is 258 Å². The molecular formula is C47H88O6. The van der Waals surface area contributed by atoms with E-state index >= 15 is 0 Å². The fraction of sp³-hybridized carbons (Fsp3) is 0.894. The standard InChI is InChI=1S/C47H88O6/c1-4-7-10-13-16-19-22-23-24-25-26-29-31-34-37-40-46(49)52-43-44(53-47(50)41-38-35-32-28-21-18-15-12-9-6-3)42-51-45(48)39-36-33-30-27-20-17-14-11-8-5-2/h19,22,44H,4-18,20-21,23-43H2,1-3H3/b22-19-. The average molecular weight is 749 g/mol. The first-order valence-corrected chi connectivity index (χ1v) is 23.2. The zero-order chi connectivity index (χ0) is 38.7. The minimum Gasteiger partial charge on any atom is -0.462 e. The van der Waals surface area contributed by atoms with Crippen LogP contribution in [-0.2, 0) is 28.6 Å². The quantitative estimate of drug-likeness (QED) is 0.0268. The summed E-state index contributed by atoms with van der Waals surface area (Å²) in [5, 5.41) is 0. The van der Waals surface area contributed by atoms with Crippen LogP contribution in [0.3, 0.4) is 0 Å². The van der Waals surface area contributed by atoms with Gasteiger partial charge in [0.1, 0.15) is 13.2 Å². The summed E-state index contributed by atoms with van der Waals surface area (Å²) in [5.41, 5.74) is 0. The molecule has 0 spiro atoms. The van der Waals surface area contributed by atoms with Crippen LogP contribution in [0.2, 0.25) is 0 Å². The molecule has 0 heterocycles. The number of allylic oxidation sites excluding steroid dienone is 2. The maximum atomic E-state index is 12.7. The first-order chi connectivity index (χ1) is 26.0. The van der Waals surface area contributed by atoms with Gasteiger partial charge in [0.2, 0.25) is 0 Å². The maximum absolute atomic E-state index is 12.7. The van der Waals surface area contributed by atoms with Gasteiger partial charge in [-0.3, -0.25) is 14.4 Å². The fourth-order valence-electron chi connectivity index (χ4n) is 6.73. The SMILES string of the molecule is CCCCCC/C=C\CCCCCCCCCC(=O)OCC(COC(=O)CCCCCCCCCCCC)OC(=O)CCCCCCCCCCCC. The van der Waals surface area contributed by atoms with Gasteiger partial charge in [0.05, 0.1) is 0 Å². The van der Waals surface area contributed by atoms with Crippen LogP contribution < -0.4 is 0 Å². The molecule has 0 aromatic carbocycles. The van der Waals surface area contributed by atoms with E-state index < -0.39 is 6.10 Å². The van der Waals surface area contributed by atoms with Crippen LogP contribution in [-0.4, -0.2) is 37.2 Å². The van der Waals surface area contributed by atoms with Crippen molar-refractivity contribution in [1.29, 1.82) is 0 Å². The Morgan fingerprint density at radius 1 is 0.358 bits per heavy atom. The van der Waals surface area contributed by atoms with E-state index in [-0.39, 0.29) is 31.1 Å². The monoisotopic (exact) mass is 749 g/mol. The highest BCUT2D eigenvalue weighted by Crippen LogP contribution is 2.15. The molecule has 0 rings (SSSR count). The van der Waals surface area contributed by atoms with Crippen LogP contribution in [0, 0.1) is 0 Å². The lowest BCUT2D eigenvalue weighted by Gasteiger charge is -2.18. The molecule has 1 atom stereocenters. The molecule has 53 heavy (non-hydrogen) atoms. The molecule has 6 nitrogen and oxygen atoms in total. The fourth-order valence-corrected chi connectivity index (χ4v) is 6.73. The molecule has 0 bridgehead atoms. The predicted octanol–water partition coefficient (Wildman–Crippen LogP) is 14.6. The summed E-state index contributed by atoms with van der Waals surface area (Å²) in [5.74, 6) is -0.866. The summed E-state index contributed by atoms with van der Waals surface area (Å²) >= 11 is 0. The van der Waals surface area contributed by atoms with Crippen LogP contribution in [0.5, 0.6) is 0 Å². The number of unbranched alkanes of at least 4 members (excludes halogenated alkanes) is 29. The Hall–Kier alpha value is -1.85. The van der Waals surface area contributed by atoms with Crippen molar-refractivity contribution < 1.29 is 28.6 Å². The molecule has 0 radical (unpaired) electrons. The number of hydrogen-bond donors (Lipinski definition) is 0. The van der Waals surface area contributed by atoms with Crippen LogP contribution in [0.15, 0.2) is 12.2 Å². The number of carbonyl (C=O) groups is 3. The molecule has 0 fully saturated rings. The van der Waals surface area contributed by atoms with Gasteiger partial charge >= 0.3 is 17.9 Å². The lowest BCUT2D eigenvalue weighted by Crippen LogP contribution is -2.30. The number of esters is 3. The largest absolute Gasteiger partial charge is 0.462 e. The van der Waals surface area contributed by atoms with Gasteiger partial charge in [-0.25, -0.2) is 0 Å². The summed E-state index contributed by atoms with van der Waals surface area (Å²) in [6.45, 7) is 6.61. The van der Waals surface area contributed by atoms with Gasteiger partial charge in [-0.05, 0) is 44.9 Å². The van der Waals surface area contributed by atoms with E-state index in [1.165, 1.54) is 154 Å². The Morgan fingerprint density at radius 2 is 0.623 bits per heavy atom. The van der Waals surface area contributed by atoms with Gasteiger partial charge < -0.3 is 14.2 Å². The molecule has 0 aliphatic heterocycles. The molecule has 0 saturated carbocycles. The Kier molecular flexibility index (Phi) is 41.4. The molecule has 0 N–H and O–H groups in total. The Morgan fingerprint density at radius 3 is 0.962 bits per heavy atom. The summed E-state index contributed by atoms with van der Waals surface area (Å²) in [7, 11) is 0. The highest BCUT2D eigenvalue weighted by molar-refractivity contribution is 5.71. The summed E-state index contributed by atoms with van der Waals surface area (Å²) in [6.07, 6.45) is 44.7. The van der Waals surface area contributed by atoms with Crippen molar-refractivity contribution in [2.24, 2.45) is 0 Å². The Balaban J connectivity index is 4.30. The van der Waals surface area contributed by atoms with E-state index in [9.17, 15) is 14.4 Å². The van der Waals surface area contributed by atoms with Gasteiger partial charge in [0, 0.05) is 19.3 Å². The first kappa shape index (κ1) is 51.1. The van der Waals surface area contributed by atoms with Crippen LogP contribution >= 0.6 is 0 Å². The topological polar surface area (TPSA) is 78.9 Å². The van der Waals surface area contributed by atoms with Gasteiger partial charge in [-0.15, -0.1) is 0 Å². The van der Waals surface area contributed by atoms with Crippen molar-refractivity contribution in [1.82, 2.24) is 0 Å². The van der Waals surface area contributed by atoms with Gasteiger partial charge in [-0.1, -0.05) is 200 Å². The molecule has 6 heteroatoms. The van der Waals surface area contributed by atoms with Gasteiger partial charge in [-0.2, -0.15) is 0 Å². The van der Waals surface area contributed by atoms with Crippen molar-refractivity contribution in [3.8, 4) is 0 Å². The van der Waals surface area contributed by atoms with E-state index in [4.69, 9.17) is 14.2 Å². The van der Waals surface area contributed by atoms with Crippen LogP contribution in [0.1, 0.15) is 252 Å². The van der Waals surface area contributed by atoms with E-state index in [1.807, 2.05) is 0 Å². The molecule has 312 valence electrons. The van der Waals surface area contributed by atoms with E-state index in [1.54, 1.807) is 0 Å². The number of carbonyl (C=O) groups excluding carboxylic acids is 3. The van der Waals surface area contributed by atoms with Crippen LogP contribution in [0.25, 0.3) is 0 Å². The van der Waals surface area contributed by atoms with Gasteiger partial charge in [0.25, 0.3) is 0 Å². The Labute approximate surface area is 329 Å². The Bertz CT molecular complexity index is 824. The molecule has 0 saturated heterocycles. The minimum atomic E-state index is -0.762. The highest BCUT2D eigenvalue weighted by atomic mass is 16.6. The summed E-state index contributed by atoms with van der Waals surface area (Å²) in [6, 6.07) is 0. The first-order valence-electron chi connectivity index (χ1n) is 23.2. The van der Waals surface area contributed by atoms with Crippen molar-refractivity contribution in [2.75, 3.05) is 13.2 Å². The zero-order valence-corrected chi connectivity index (χ0v) is 35.6. The average Bonchev–Trinajstić information content (AvgIpc) is 3.15.